The van der Waals surface area contributed by atoms with Gasteiger partial charge in [-0.15, -0.1) is 0 Å². The summed E-state index contributed by atoms with van der Waals surface area (Å²) >= 11 is 0. The summed E-state index contributed by atoms with van der Waals surface area (Å²) in [5.41, 5.74) is 0.611. The predicted molar refractivity (Wildman–Crippen MR) is 93.8 cm³/mol. The van der Waals surface area contributed by atoms with Crippen molar-refractivity contribution in [1.82, 2.24) is 9.97 Å². The molecule has 1 aromatic carbocycles. The topological polar surface area (TPSA) is 67.3 Å². The number of hydrogen-bond donors (Lipinski definition) is 1. The molecule has 1 aliphatic heterocycles. The Bertz CT molecular complexity index is 876. The normalized spacial score (nSPS) is 13.8. The van der Waals surface area contributed by atoms with Crippen LogP contribution in [0.3, 0.4) is 0 Å². The lowest BCUT2D eigenvalue weighted by Crippen LogP contribution is -2.23. The summed E-state index contributed by atoms with van der Waals surface area (Å²) in [6, 6.07) is 0.493. The summed E-state index contributed by atoms with van der Waals surface area (Å²) in [6.07, 6.45) is 2.13. The van der Waals surface area contributed by atoms with Crippen LogP contribution in [0.2, 0.25) is 0 Å². The number of aryl methyl sites for hydroxylation is 2. The third-order valence-corrected chi connectivity index (χ3v) is 4.45. The monoisotopic (exact) mass is 380 g/mol. The number of ether oxygens (including phenoxy) is 1. The standard InChI is InChI=1S/C18H19F3N4O2/c1-9-15(10(2)23-18(22-9)25-6-4-5-7-25)24-17(26)11-8-12(19)14(21)16(27-3)13(11)20/h8H,4-7H2,1-3H3,(H,24,26). The number of carbonyl (C=O) groups is 1. The molecule has 0 radical (unpaired) electrons. The zero-order chi connectivity index (χ0) is 19.7. The van der Waals surface area contributed by atoms with E-state index in [9.17, 15) is 18.0 Å². The Kier molecular flexibility index (Phi) is 5.20. The molecule has 1 N–H and O–H groups in total. The Hall–Kier alpha value is -2.84. The maximum atomic E-state index is 14.3. The summed E-state index contributed by atoms with van der Waals surface area (Å²) in [7, 11) is 0.988. The third kappa shape index (κ3) is 3.54. The highest BCUT2D eigenvalue weighted by atomic mass is 19.2. The van der Waals surface area contributed by atoms with Crippen LogP contribution >= 0.6 is 0 Å². The van der Waals surface area contributed by atoms with Gasteiger partial charge in [-0.2, -0.15) is 4.39 Å². The lowest BCUT2D eigenvalue weighted by Gasteiger charge is -2.18. The fraction of sp³-hybridized carbons (Fsp3) is 0.389. The second-order valence-corrected chi connectivity index (χ2v) is 6.28. The van der Waals surface area contributed by atoms with E-state index in [0.29, 0.717) is 29.1 Å². The van der Waals surface area contributed by atoms with E-state index in [-0.39, 0.29) is 0 Å². The van der Waals surface area contributed by atoms with Crippen molar-refractivity contribution < 1.29 is 22.7 Å². The number of hydrogen-bond acceptors (Lipinski definition) is 5. The number of methoxy groups -OCH3 is 1. The number of rotatable bonds is 4. The quantitative estimate of drug-likeness (QED) is 0.824. The smallest absolute Gasteiger partial charge is 0.258 e. The van der Waals surface area contributed by atoms with Crippen molar-refractivity contribution >= 4 is 17.5 Å². The molecule has 2 aromatic rings. The van der Waals surface area contributed by atoms with E-state index in [0.717, 1.165) is 33.0 Å². The molecule has 0 unspecified atom stereocenters. The number of amides is 1. The van der Waals surface area contributed by atoms with Gasteiger partial charge in [0.1, 0.15) is 0 Å². The Morgan fingerprint density at radius 3 is 2.26 bits per heavy atom. The zero-order valence-electron chi connectivity index (χ0n) is 15.2. The van der Waals surface area contributed by atoms with Crippen LogP contribution in [-0.4, -0.2) is 36.1 Å². The van der Waals surface area contributed by atoms with E-state index >= 15 is 0 Å². The first-order valence-electron chi connectivity index (χ1n) is 8.46. The lowest BCUT2D eigenvalue weighted by molar-refractivity contribution is 0.102. The fourth-order valence-electron chi connectivity index (χ4n) is 3.04. The SMILES string of the molecule is COc1c(F)c(F)cc(C(=O)Nc2c(C)nc(N3CCCC3)nc2C)c1F. The minimum Gasteiger partial charge on any atom is -0.491 e. The van der Waals surface area contributed by atoms with Crippen LogP contribution in [-0.2, 0) is 0 Å². The van der Waals surface area contributed by atoms with Crippen LogP contribution in [0.15, 0.2) is 6.07 Å². The van der Waals surface area contributed by atoms with Gasteiger partial charge in [0.2, 0.25) is 11.8 Å². The molecular formula is C18H19F3N4O2. The third-order valence-electron chi connectivity index (χ3n) is 4.45. The van der Waals surface area contributed by atoms with Crippen LogP contribution in [0.1, 0.15) is 34.6 Å². The molecule has 0 spiro atoms. The molecule has 2 heterocycles. The lowest BCUT2D eigenvalue weighted by atomic mass is 10.1. The second-order valence-electron chi connectivity index (χ2n) is 6.28. The van der Waals surface area contributed by atoms with Crippen LogP contribution < -0.4 is 15.0 Å². The molecule has 0 atom stereocenters. The Morgan fingerprint density at radius 1 is 1.11 bits per heavy atom. The molecular weight excluding hydrogens is 361 g/mol. The van der Waals surface area contributed by atoms with Crippen molar-refractivity contribution in [2.24, 2.45) is 0 Å². The molecule has 1 aliphatic rings. The molecule has 144 valence electrons. The van der Waals surface area contributed by atoms with Crippen LogP contribution in [0.4, 0.5) is 24.8 Å². The molecule has 1 amide bonds. The largest absolute Gasteiger partial charge is 0.491 e. The van der Waals surface area contributed by atoms with Crippen molar-refractivity contribution in [3.63, 3.8) is 0 Å². The first-order chi connectivity index (χ1) is 12.8. The van der Waals surface area contributed by atoms with Gasteiger partial charge in [0.05, 0.1) is 29.7 Å². The highest BCUT2D eigenvalue weighted by molar-refractivity contribution is 6.05. The molecule has 9 heteroatoms. The van der Waals surface area contributed by atoms with Crippen molar-refractivity contribution in [3.05, 3.63) is 40.5 Å². The van der Waals surface area contributed by atoms with Crippen LogP contribution in [0.5, 0.6) is 5.75 Å². The van der Waals surface area contributed by atoms with Crippen molar-refractivity contribution in [1.29, 1.82) is 0 Å². The summed E-state index contributed by atoms with van der Waals surface area (Å²) in [4.78, 5) is 23.3. The second kappa shape index (κ2) is 7.42. The molecule has 0 bridgehead atoms. The molecule has 1 aromatic heterocycles. The van der Waals surface area contributed by atoms with Gasteiger partial charge < -0.3 is 15.0 Å². The molecule has 6 nitrogen and oxygen atoms in total. The molecule has 3 rings (SSSR count). The van der Waals surface area contributed by atoms with Crippen molar-refractivity contribution in [2.45, 2.75) is 26.7 Å². The van der Waals surface area contributed by atoms with Crippen molar-refractivity contribution in [3.8, 4) is 5.75 Å². The van der Waals surface area contributed by atoms with Gasteiger partial charge in [0, 0.05) is 13.1 Å². The molecule has 0 aliphatic carbocycles. The first-order valence-corrected chi connectivity index (χ1v) is 8.46. The number of carbonyl (C=O) groups excluding carboxylic acids is 1. The maximum absolute atomic E-state index is 14.3. The van der Waals surface area contributed by atoms with Gasteiger partial charge in [-0.3, -0.25) is 4.79 Å². The van der Waals surface area contributed by atoms with E-state index in [1.54, 1.807) is 13.8 Å². The highest BCUT2D eigenvalue weighted by Crippen LogP contribution is 2.28. The number of aromatic nitrogens is 2. The van der Waals surface area contributed by atoms with Crippen LogP contribution in [0.25, 0.3) is 0 Å². The summed E-state index contributed by atoms with van der Waals surface area (Å²) in [5, 5.41) is 2.48. The van der Waals surface area contributed by atoms with E-state index in [1.807, 2.05) is 4.90 Å². The van der Waals surface area contributed by atoms with Gasteiger partial charge in [0.15, 0.2) is 17.4 Å². The number of nitrogens with zero attached hydrogens (tertiary/aromatic N) is 3. The van der Waals surface area contributed by atoms with Gasteiger partial charge in [-0.05, 0) is 32.8 Å². The van der Waals surface area contributed by atoms with Gasteiger partial charge in [0.25, 0.3) is 5.91 Å². The van der Waals surface area contributed by atoms with Gasteiger partial charge in [-0.1, -0.05) is 0 Å². The zero-order valence-corrected chi connectivity index (χ0v) is 15.2. The Morgan fingerprint density at radius 2 is 1.70 bits per heavy atom. The number of nitrogens with one attached hydrogen (secondary N) is 1. The molecule has 0 saturated carbocycles. The highest BCUT2D eigenvalue weighted by Gasteiger charge is 2.25. The van der Waals surface area contributed by atoms with E-state index in [2.05, 4.69) is 20.0 Å². The maximum Gasteiger partial charge on any atom is 0.258 e. The number of benzene rings is 1. The Labute approximate surface area is 154 Å². The summed E-state index contributed by atoms with van der Waals surface area (Å²) < 4.78 is 46.0. The minimum absolute atomic E-state index is 0.297. The Balaban J connectivity index is 1.92. The average molecular weight is 380 g/mol. The summed E-state index contributed by atoms with van der Waals surface area (Å²) in [6.45, 7) is 5.10. The molecule has 1 fully saturated rings. The molecule has 1 saturated heterocycles. The number of anilines is 2. The minimum atomic E-state index is -1.49. The van der Waals surface area contributed by atoms with E-state index in [4.69, 9.17) is 0 Å². The van der Waals surface area contributed by atoms with E-state index in [1.165, 1.54) is 0 Å². The van der Waals surface area contributed by atoms with Crippen molar-refractivity contribution in [2.75, 3.05) is 30.4 Å². The predicted octanol–water partition coefficient (Wildman–Crippen LogP) is 3.37. The summed E-state index contributed by atoms with van der Waals surface area (Å²) in [5.74, 6) is -5.48. The van der Waals surface area contributed by atoms with E-state index < -0.39 is 34.7 Å². The van der Waals surface area contributed by atoms with Gasteiger partial charge in [-0.25, -0.2) is 18.7 Å². The average Bonchev–Trinajstić information content (AvgIpc) is 3.16. The molecule has 27 heavy (non-hydrogen) atoms. The van der Waals surface area contributed by atoms with Crippen LogP contribution in [0, 0.1) is 31.3 Å². The fourth-order valence-corrected chi connectivity index (χ4v) is 3.04. The first kappa shape index (κ1) is 18.9. The number of halogens is 3. The van der Waals surface area contributed by atoms with Gasteiger partial charge >= 0.3 is 0 Å².